The van der Waals surface area contributed by atoms with Crippen LogP contribution in [-0.4, -0.2) is 5.78 Å². The zero-order chi connectivity index (χ0) is 23.4. The highest BCUT2D eigenvalue weighted by Crippen LogP contribution is 2.51. The van der Waals surface area contributed by atoms with Gasteiger partial charge in [0.2, 0.25) is 0 Å². The molecule has 1 aliphatic heterocycles. The molecule has 1 aliphatic carbocycles. The zero-order valence-electron chi connectivity index (χ0n) is 19.1. The quantitative estimate of drug-likeness (QED) is 0.539. The van der Waals surface area contributed by atoms with Crippen LogP contribution in [0.5, 0.6) is 0 Å². The van der Waals surface area contributed by atoms with Gasteiger partial charge in [0.15, 0.2) is 5.78 Å². The van der Waals surface area contributed by atoms with E-state index in [2.05, 4.69) is 52.8 Å². The summed E-state index contributed by atoms with van der Waals surface area (Å²) >= 11 is 7.77. The summed E-state index contributed by atoms with van der Waals surface area (Å²) in [4.78, 5) is 17.7. The van der Waals surface area contributed by atoms with Gasteiger partial charge in [0.1, 0.15) is 5.82 Å². The minimum Gasteiger partial charge on any atom is -0.384 e. The Kier molecular flexibility index (Phi) is 5.51. The first-order valence-corrected chi connectivity index (χ1v) is 11.9. The molecule has 6 heteroatoms. The Morgan fingerprint density at radius 3 is 2.38 bits per heavy atom. The maximum Gasteiger partial charge on any atom is 0.162 e. The molecule has 32 heavy (non-hydrogen) atoms. The molecule has 0 saturated heterocycles. The molecule has 0 bridgehead atoms. The molecule has 0 radical (unpaired) electrons. The van der Waals surface area contributed by atoms with E-state index < -0.39 is 5.92 Å². The number of carbonyl (C=O) groups excluding carboxylic acids is 1. The van der Waals surface area contributed by atoms with Crippen molar-refractivity contribution in [2.45, 2.75) is 58.8 Å². The fourth-order valence-corrected chi connectivity index (χ4v) is 5.90. The van der Waals surface area contributed by atoms with E-state index in [1.165, 1.54) is 4.88 Å². The average Bonchev–Trinajstić information content (AvgIpc) is 3.18. The molecule has 0 unspecified atom stereocenters. The number of anilines is 1. The maximum atomic E-state index is 13.6. The van der Waals surface area contributed by atoms with E-state index in [4.69, 9.17) is 17.3 Å². The molecule has 0 amide bonds. The minimum atomic E-state index is -0.428. The molecule has 2 N–H and O–H groups in total. The number of Topliss-reactive ketones (excluding diaryl/α,β-unsaturated/α-hetero) is 1. The van der Waals surface area contributed by atoms with Crippen molar-refractivity contribution >= 4 is 34.4 Å². The van der Waals surface area contributed by atoms with Crippen molar-refractivity contribution in [1.29, 1.82) is 5.26 Å². The fourth-order valence-electron chi connectivity index (χ4n) is 4.59. The monoisotopic (exact) mass is 465 g/mol. The van der Waals surface area contributed by atoms with Crippen molar-refractivity contribution in [2.75, 3.05) is 4.90 Å². The number of ketones is 1. The van der Waals surface area contributed by atoms with E-state index in [1.807, 2.05) is 17.0 Å². The van der Waals surface area contributed by atoms with Crippen molar-refractivity contribution in [1.82, 2.24) is 0 Å². The van der Waals surface area contributed by atoms with Crippen LogP contribution < -0.4 is 10.6 Å². The fraction of sp³-hybridized carbons (Fsp3) is 0.385. The van der Waals surface area contributed by atoms with Crippen LogP contribution in [0.3, 0.4) is 0 Å². The van der Waals surface area contributed by atoms with Gasteiger partial charge < -0.3 is 5.73 Å². The van der Waals surface area contributed by atoms with Crippen LogP contribution >= 0.6 is 22.9 Å². The van der Waals surface area contributed by atoms with Crippen LogP contribution in [0.4, 0.5) is 5.69 Å². The highest BCUT2D eigenvalue weighted by atomic mass is 35.5. The van der Waals surface area contributed by atoms with Crippen LogP contribution in [-0.2, 0) is 10.2 Å². The molecule has 2 heterocycles. The third kappa shape index (κ3) is 3.87. The van der Waals surface area contributed by atoms with E-state index >= 15 is 0 Å². The molecule has 0 saturated carbocycles. The Labute approximate surface area is 199 Å². The summed E-state index contributed by atoms with van der Waals surface area (Å²) in [5.41, 5.74) is 9.29. The number of nitrogens with zero attached hydrogens (tertiary/aromatic N) is 2. The number of allylic oxidation sites excluding steroid dienone is 3. The lowest BCUT2D eigenvalue weighted by Crippen LogP contribution is -2.42. The Morgan fingerprint density at radius 1 is 1.16 bits per heavy atom. The Morgan fingerprint density at radius 2 is 1.81 bits per heavy atom. The Balaban J connectivity index is 1.96. The first kappa shape index (κ1) is 22.6. The van der Waals surface area contributed by atoms with E-state index in [1.54, 1.807) is 23.5 Å². The van der Waals surface area contributed by atoms with Gasteiger partial charge in [0.25, 0.3) is 0 Å². The van der Waals surface area contributed by atoms with Gasteiger partial charge in [-0.15, -0.1) is 11.3 Å². The molecule has 2 aliphatic rings. The molecule has 0 spiro atoms. The van der Waals surface area contributed by atoms with E-state index in [-0.39, 0.29) is 16.6 Å². The molecular formula is C26H28ClN3OS. The van der Waals surface area contributed by atoms with Crippen molar-refractivity contribution in [3.63, 3.8) is 0 Å². The number of carbonyl (C=O) groups is 1. The normalized spacial score (nSPS) is 21.0. The molecule has 2 aromatic rings. The van der Waals surface area contributed by atoms with Gasteiger partial charge in [-0.1, -0.05) is 46.2 Å². The number of rotatable bonds is 2. The largest absolute Gasteiger partial charge is 0.384 e. The molecule has 4 nitrogen and oxygen atoms in total. The van der Waals surface area contributed by atoms with Gasteiger partial charge in [-0.2, -0.15) is 5.26 Å². The van der Waals surface area contributed by atoms with Crippen LogP contribution in [0.2, 0.25) is 5.02 Å². The number of halogens is 1. The van der Waals surface area contributed by atoms with Gasteiger partial charge in [-0.05, 0) is 53.6 Å². The summed E-state index contributed by atoms with van der Waals surface area (Å²) in [6, 6.07) is 13.9. The number of thiophene rings is 1. The van der Waals surface area contributed by atoms with Crippen molar-refractivity contribution in [3.8, 4) is 6.07 Å². The van der Waals surface area contributed by atoms with Crippen LogP contribution in [0, 0.1) is 16.7 Å². The smallest absolute Gasteiger partial charge is 0.162 e. The summed E-state index contributed by atoms with van der Waals surface area (Å²) in [5.74, 6) is 0.0456. The van der Waals surface area contributed by atoms with E-state index in [0.29, 0.717) is 34.8 Å². The summed E-state index contributed by atoms with van der Waals surface area (Å²) in [6.07, 6.45) is 1.15. The summed E-state index contributed by atoms with van der Waals surface area (Å²) in [5, 5.41) is 10.8. The molecular weight excluding hydrogens is 438 g/mol. The first-order chi connectivity index (χ1) is 14.9. The first-order valence-electron chi connectivity index (χ1n) is 10.7. The minimum absolute atomic E-state index is 0.00916. The van der Waals surface area contributed by atoms with Crippen molar-refractivity contribution in [2.24, 2.45) is 11.1 Å². The van der Waals surface area contributed by atoms with Gasteiger partial charge in [0, 0.05) is 38.2 Å². The highest BCUT2D eigenvalue weighted by molar-refractivity contribution is 7.12. The summed E-state index contributed by atoms with van der Waals surface area (Å²) in [6.45, 7) is 10.7. The summed E-state index contributed by atoms with van der Waals surface area (Å²) in [7, 11) is 0. The molecule has 166 valence electrons. The second-order valence-corrected chi connectivity index (χ2v) is 12.0. The number of nitrogens with two attached hydrogens (primary N) is 1. The second-order valence-electron chi connectivity index (χ2n) is 10.4. The van der Waals surface area contributed by atoms with E-state index in [9.17, 15) is 10.1 Å². The van der Waals surface area contributed by atoms with Crippen LogP contribution in [0.15, 0.2) is 59.1 Å². The molecule has 1 atom stereocenters. The van der Waals surface area contributed by atoms with Crippen LogP contribution in [0.25, 0.3) is 0 Å². The SMILES string of the molecule is CC1(C)CC(=O)C2=C(C1)N(c1ccc(Cl)cc1)C(N)=C(C#N)[C@@H]2c1ccc(C(C)(C)C)s1. The molecule has 1 aromatic carbocycles. The second kappa shape index (κ2) is 7.79. The standard InChI is InChI=1S/C26H28ClN3OS/c1-25(2,3)21-11-10-20(32-21)22-17(14-28)24(29)30(16-8-6-15(27)7-9-16)18-12-26(4,5)13-19(31)23(18)22/h6-11,22H,12-13,29H2,1-5H3/t22-/m1/s1. The third-order valence-corrected chi connectivity index (χ3v) is 7.94. The number of hydrogen-bond donors (Lipinski definition) is 1. The third-order valence-electron chi connectivity index (χ3n) is 6.12. The van der Waals surface area contributed by atoms with Crippen LogP contribution in [0.1, 0.15) is 63.1 Å². The van der Waals surface area contributed by atoms with Gasteiger partial charge in [0.05, 0.1) is 17.6 Å². The average molecular weight is 466 g/mol. The number of nitriles is 1. The van der Waals surface area contributed by atoms with Crippen molar-refractivity contribution < 1.29 is 4.79 Å². The van der Waals surface area contributed by atoms with Crippen molar-refractivity contribution in [3.05, 3.63) is 73.8 Å². The molecule has 1 aromatic heterocycles. The topological polar surface area (TPSA) is 70.1 Å². The molecule has 4 rings (SSSR count). The highest BCUT2D eigenvalue weighted by Gasteiger charge is 2.45. The zero-order valence-corrected chi connectivity index (χ0v) is 20.7. The summed E-state index contributed by atoms with van der Waals surface area (Å²) < 4.78 is 0. The van der Waals surface area contributed by atoms with Gasteiger partial charge in [-0.25, -0.2) is 0 Å². The number of hydrogen-bond acceptors (Lipinski definition) is 5. The van der Waals surface area contributed by atoms with Gasteiger partial charge >= 0.3 is 0 Å². The lowest BCUT2D eigenvalue weighted by Gasteiger charge is -2.43. The number of benzene rings is 1. The van der Waals surface area contributed by atoms with E-state index in [0.717, 1.165) is 16.3 Å². The predicted octanol–water partition coefficient (Wildman–Crippen LogP) is 6.64. The maximum absolute atomic E-state index is 13.6. The Bertz CT molecular complexity index is 1190. The molecule has 0 fully saturated rings. The van der Waals surface area contributed by atoms with Gasteiger partial charge in [-0.3, -0.25) is 9.69 Å². The predicted molar refractivity (Wildman–Crippen MR) is 132 cm³/mol. The lowest BCUT2D eigenvalue weighted by atomic mass is 9.69. The Hall–Kier alpha value is -2.55. The lowest BCUT2D eigenvalue weighted by molar-refractivity contribution is -0.118.